The van der Waals surface area contributed by atoms with E-state index in [0.29, 0.717) is 5.69 Å². The normalized spacial score (nSPS) is 11.6. The van der Waals surface area contributed by atoms with Crippen LogP contribution in [0.4, 0.5) is 5.69 Å². The summed E-state index contributed by atoms with van der Waals surface area (Å²) in [6.07, 6.45) is 0.666. The van der Waals surface area contributed by atoms with Crippen molar-refractivity contribution in [3.8, 4) is 11.5 Å². The van der Waals surface area contributed by atoms with E-state index in [1.807, 2.05) is 0 Å². The molecule has 0 radical (unpaired) electrons. The van der Waals surface area contributed by atoms with Crippen molar-refractivity contribution < 1.29 is 23.9 Å². The molecule has 1 N–H and O–H groups in total. The van der Waals surface area contributed by atoms with Crippen LogP contribution < -0.4 is 9.47 Å². The maximum Gasteiger partial charge on any atom is 0.303 e. The standard InChI is InChI=1S/C14H16N4O6/c1-8(24-9(2)19)11-4-13(22-3)14(5-12(11)18(20)21)23-7-10-6-15-17-16-10/h4-6,8H,7H2,1-3H3,(H,15,16,17). The van der Waals surface area contributed by atoms with Crippen LogP contribution >= 0.6 is 0 Å². The summed E-state index contributed by atoms with van der Waals surface area (Å²) in [5.41, 5.74) is 0.498. The Hall–Kier alpha value is -3.17. The van der Waals surface area contributed by atoms with E-state index in [1.54, 1.807) is 6.92 Å². The zero-order valence-corrected chi connectivity index (χ0v) is 13.3. The van der Waals surface area contributed by atoms with Crippen LogP contribution in [0.15, 0.2) is 18.3 Å². The molecule has 0 aliphatic carbocycles. The van der Waals surface area contributed by atoms with Gasteiger partial charge in [0, 0.05) is 6.92 Å². The number of aromatic nitrogens is 3. The number of rotatable bonds is 7. The topological polar surface area (TPSA) is 129 Å². The van der Waals surface area contributed by atoms with E-state index in [1.165, 1.54) is 32.4 Å². The highest BCUT2D eigenvalue weighted by Crippen LogP contribution is 2.38. The largest absolute Gasteiger partial charge is 0.493 e. The molecule has 1 atom stereocenters. The highest BCUT2D eigenvalue weighted by molar-refractivity contribution is 5.67. The first kappa shape index (κ1) is 17.2. The van der Waals surface area contributed by atoms with E-state index in [4.69, 9.17) is 14.2 Å². The number of H-pyrrole nitrogens is 1. The van der Waals surface area contributed by atoms with Crippen molar-refractivity contribution in [3.63, 3.8) is 0 Å². The minimum atomic E-state index is -0.804. The van der Waals surface area contributed by atoms with Crippen molar-refractivity contribution in [2.75, 3.05) is 7.11 Å². The molecule has 0 fully saturated rings. The summed E-state index contributed by atoms with van der Waals surface area (Å²) in [5, 5.41) is 21.2. The van der Waals surface area contributed by atoms with Crippen LogP contribution in [0.5, 0.6) is 11.5 Å². The van der Waals surface area contributed by atoms with Gasteiger partial charge < -0.3 is 14.2 Å². The monoisotopic (exact) mass is 336 g/mol. The Morgan fingerprint density at radius 1 is 1.42 bits per heavy atom. The average molecular weight is 336 g/mol. The van der Waals surface area contributed by atoms with Gasteiger partial charge in [0.2, 0.25) is 0 Å². The van der Waals surface area contributed by atoms with Gasteiger partial charge >= 0.3 is 5.97 Å². The number of aromatic amines is 1. The second-order valence-corrected chi connectivity index (χ2v) is 4.82. The third kappa shape index (κ3) is 3.97. The highest BCUT2D eigenvalue weighted by atomic mass is 16.6. The van der Waals surface area contributed by atoms with E-state index in [2.05, 4.69) is 15.4 Å². The number of hydrogen-bond donors (Lipinski definition) is 1. The van der Waals surface area contributed by atoms with Crippen LogP contribution in [0.3, 0.4) is 0 Å². The Morgan fingerprint density at radius 2 is 2.17 bits per heavy atom. The van der Waals surface area contributed by atoms with Gasteiger partial charge in [-0.1, -0.05) is 0 Å². The fourth-order valence-corrected chi connectivity index (χ4v) is 2.08. The molecule has 0 amide bonds. The van der Waals surface area contributed by atoms with Crippen LogP contribution in [0, 0.1) is 10.1 Å². The summed E-state index contributed by atoms with van der Waals surface area (Å²) in [7, 11) is 1.41. The lowest BCUT2D eigenvalue weighted by atomic mass is 10.1. The molecule has 10 heteroatoms. The van der Waals surface area contributed by atoms with Gasteiger partial charge in [0.1, 0.15) is 18.4 Å². The first-order valence-electron chi connectivity index (χ1n) is 6.93. The van der Waals surface area contributed by atoms with E-state index in [9.17, 15) is 14.9 Å². The predicted octanol–water partition coefficient (Wildman–Crippen LogP) is 1.92. The number of carbonyl (C=O) groups excluding carboxylic acids is 1. The molecule has 10 nitrogen and oxygen atoms in total. The van der Waals surface area contributed by atoms with Gasteiger partial charge in [-0.15, -0.1) is 0 Å². The summed E-state index contributed by atoms with van der Waals surface area (Å²) in [6.45, 7) is 2.83. The van der Waals surface area contributed by atoms with Crippen LogP contribution in [0.1, 0.15) is 31.2 Å². The Morgan fingerprint density at radius 3 is 2.71 bits per heavy atom. The second-order valence-electron chi connectivity index (χ2n) is 4.82. The lowest BCUT2D eigenvalue weighted by Gasteiger charge is -2.16. The molecule has 2 rings (SSSR count). The number of nitro groups is 1. The van der Waals surface area contributed by atoms with Crippen LogP contribution in [-0.4, -0.2) is 33.4 Å². The smallest absolute Gasteiger partial charge is 0.303 e. The predicted molar refractivity (Wildman–Crippen MR) is 80.5 cm³/mol. The number of hydrogen-bond acceptors (Lipinski definition) is 8. The maximum absolute atomic E-state index is 11.3. The molecule has 0 saturated carbocycles. The molecule has 1 heterocycles. The van der Waals surface area contributed by atoms with Crippen molar-refractivity contribution in [2.45, 2.75) is 26.6 Å². The minimum Gasteiger partial charge on any atom is -0.493 e. The molecule has 2 aromatic rings. The highest BCUT2D eigenvalue weighted by Gasteiger charge is 2.25. The van der Waals surface area contributed by atoms with Gasteiger partial charge in [-0.05, 0) is 13.0 Å². The molecular weight excluding hydrogens is 320 g/mol. The third-order valence-electron chi connectivity index (χ3n) is 3.13. The maximum atomic E-state index is 11.3. The summed E-state index contributed by atoms with van der Waals surface area (Å²) in [5.74, 6) is -0.0915. The Bertz CT molecular complexity index is 731. The number of esters is 1. The van der Waals surface area contributed by atoms with Crippen molar-refractivity contribution in [3.05, 3.63) is 39.7 Å². The van der Waals surface area contributed by atoms with E-state index >= 15 is 0 Å². The lowest BCUT2D eigenvalue weighted by Crippen LogP contribution is -2.08. The van der Waals surface area contributed by atoms with E-state index in [-0.39, 0.29) is 29.4 Å². The van der Waals surface area contributed by atoms with Crippen molar-refractivity contribution in [1.82, 2.24) is 15.4 Å². The van der Waals surface area contributed by atoms with Crippen molar-refractivity contribution >= 4 is 11.7 Å². The Kier molecular flexibility index (Phi) is 5.30. The summed E-state index contributed by atoms with van der Waals surface area (Å²) in [6, 6.07) is 2.65. The zero-order valence-electron chi connectivity index (χ0n) is 13.3. The number of ether oxygens (including phenoxy) is 3. The van der Waals surface area contributed by atoms with E-state index in [0.717, 1.165) is 0 Å². The lowest BCUT2D eigenvalue weighted by molar-refractivity contribution is -0.386. The third-order valence-corrected chi connectivity index (χ3v) is 3.13. The summed E-state index contributed by atoms with van der Waals surface area (Å²) < 4.78 is 15.8. The molecule has 0 bridgehead atoms. The number of nitro benzene ring substituents is 1. The van der Waals surface area contributed by atoms with Crippen molar-refractivity contribution in [2.24, 2.45) is 0 Å². The second kappa shape index (κ2) is 7.40. The van der Waals surface area contributed by atoms with Crippen LogP contribution in [-0.2, 0) is 16.1 Å². The van der Waals surface area contributed by atoms with E-state index < -0.39 is 17.0 Å². The number of carbonyl (C=O) groups is 1. The average Bonchev–Trinajstić information content (AvgIpc) is 3.04. The zero-order chi connectivity index (χ0) is 17.7. The Labute approximate surface area is 136 Å². The number of benzene rings is 1. The van der Waals surface area contributed by atoms with Gasteiger partial charge in [0.25, 0.3) is 5.69 Å². The van der Waals surface area contributed by atoms with Gasteiger partial charge in [-0.2, -0.15) is 15.4 Å². The number of methoxy groups -OCH3 is 1. The van der Waals surface area contributed by atoms with Gasteiger partial charge in [-0.3, -0.25) is 14.9 Å². The first-order chi connectivity index (χ1) is 11.4. The minimum absolute atomic E-state index is 0.0584. The van der Waals surface area contributed by atoms with Gasteiger partial charge in [0.05, 0.1) is 29.9 Å². The molecule has 0 spiro atoms. The number of nitrogens with zero attached hydrogens (tertiary/aromatic N) is 3. The quantitative estimate of drug-likeness (QED) is 0.461. The molecule has 0 saturated heterocycles. The fraction of sp³-hybridized carbons (Fsp3) is 0.357. The van der Waals surface area contributed by atoms with Gasteiger partial charge in [-0.25, -0.2) is 0 Å². The molecule has 1 aromatic heterocycles. The first-order valence-corrected chi connectivity index (χ1v) is 6.93. The van der Waals surface area contributed by atoms with Crippen LogP contribution in [0.25, 0.3) is 0 Å². The molecular formula is C14H16N4O6. The molecule has 1 aromatic carbocycles. The molecule has 1 unspecified atom stereocenters. The molecule has 0 aliphatic rings. The molecule has 128 valence electrons. The van der Waals surface area contributed by atoms with Crippen LogP contribution in [0.2, 0.25) is 0 Å². The fourth-order valence-electron chi connectivity index (χ4n) is 2.08. The van der Waals surface area contributed by atoms with Crippen molar-refractivity contribution in [1.29, 1.82) is 0 Å². The molecule has 0 aliphatic heterocycles. The SMILES string of the molecule is COc1cc(C(C)OC(C)=O)c([N+](=O)[O-])cc1OCc1cn[nH]n1. The summed E-state index contributed by atoms with van der Waals surface area (Å²) in [4.78, 5) is 21.9. The molecule has 24 heavy (non-hydrogen) atoms. The van der Waals surface area contributed by atoms with Gasteiger partial charge in [0.15, 0.2) is 11.5 Å². The Balaban J connectivity index is 2.36. The summed E-state index contributed by atoms with van der Waals surface area (Å²) >= 11 is 0. The number of nitrogens with one attached hydrogen (secondary N) is 1.